The van der Waals surface area contributed by atoms with Gasteiger partial charge in [-0.1, -0.05) is 0 Å². The molecule has 0 aliphatic heterocycles. The lowest BCUT2D eigenvalue weighted by atomic mass is 10.3. The monoisotopic (exact) mass is 268 g/mol. The van der Waals surface area contributed by atoms with Crippen molar-refractivity contribution in [2.24, 2.45) is 7.05 Å². The topological polar surface area (TPSA) is 8.81 Å². The van der Waals surface area contributed by atoms with E-state index in [1.54, 1.807) is 0 Å². The van der Waals surface area contributed by atoms with E-state index in [0.717, 1.165) is 12.7 Å². The highest BCUT2D eigenvalue weighted by molar-refractivity contribution is 4.79. The standard InChI is InChI=1S/C9H15F2N2.BrH/c1-8-12(3)6-7-13(8)5-4-9(2,10)11;/h6-7H,4-5H2,1-3H3;1H/q+1;/p-1. The summed E-state index contributed by atoms with van der Waals surface area (Å²) < 4.78 is 28.8. The van der Waals surface area contributed by atoms with Crippen LogP contribution in [0.5, 0.6) is 0 Å². The summed E-state index contributed by atoms with van der Waals surface area (Å²) in [7, 11) is 1.90. The fourth-order valence-corrected chi connectivity index (χ4v) is 1.15. The van der Waals surface area contributed by atoms with Gasteiger partial charge in [-0.25, -0.2) is 17.9 Å². The first-order valence-corrected chi connectivity index (χ1v) is 4.29. The Morgan fingerprint density at radius 3 is 2.43 bits per heavy atom. The fourth-order valence-electron chi connectivity index (χ4n) is 1.15. The molecule has 0 spiro atoms. The Bertz CT molecular complexity index is 291. The Balaban J connectivity index is 0.00000169. The van der Waals surface area contributed by atoms with Crippen molar-refractivity contribution in [3.63, 3.8) is 0 Å². The molecule has 0 radical (unpaired) electrons. The molecule has 0 unspecified atom stereocenters. The summed E-state index contributed by atoms with van der Waals surface area (Å²) >= 11 is 0. The number of hydrogen-bond acceptors (Lipinski definition) is 0. The highest BCUT2D eigenvalue weighted by atomic mass is 79.9. The second kappa shape index (κ2) is 4.87. The van der Waals surface area contributed by atoms with Gasteiger partial charge < -0.3 is 17.0 Å². The number of alkyl halides is 2. The Hall–Kier alpha value is -0.450. The molecular formula is C9H15BrF2N2. The molecule has 0 atom stereocenters. The summed E-state index contributed by atoms with van der Waals surface area (Å²) in [5, 5.41) is 0. The molecule has 82 valence electrons. The molecule has 0 saturated heterocycles. The van der Waals surface area contributed by atoms with Crippen LogP contribution in [0.1, 0.15) is 19.2 Å². The fraction of sp³-hybridized carbons (Fsp3) is 0.667. The lowest BCUT2D eigenvalue weighted by molar-refractivity contribution is -0.677. The maximum absolute atomic E-state index is 12.5. The summed E-state index contributed by atoms with van der Waals surface area (Å²) in [6.45, 7) is 3.23. The van der Waals surface area contributed by atoms with Gasteiger partial charge in [0.05, 0.1) is 13.6 Å². The third-order valence-electron chi connectivity index (χ3n) is 2.19. The lowest BCUT2D eigenvalue weighted by Crippen LogP contribution is -3.00. The normalized spacial score (nSPS) is 11.2. The van der Waals surface area contributed by atoms with E-state index >= 15 is 0 Å². The van der Waals surface area contributed by atoms with Crippen LogP contribution in [0.25, 0.3) is 0 Å². The summed E-state index contributed by atoms with van der Waals surface area (Å²) in [4.78, 5) is 0. The molecule has 1 rings (SSSR count). The zero-order chi connectivity index (χ0) is 10.1. The number of rotatable bonds is 3. The summed E-state index contributed by atoms with van der Waals surface area (Å²) in [5.41, 5.74) is 0. The molecule has 0 fully saturated rings. The van der Waals surface area contributed by atoms with Crippen molar-refractivity contribution in [1.82, 2.24) is 4.57 Å². The van der Waals surface area contributed by atoms with E-state index in [0.29, 0.717) is 6.54 Å². The van der Waals surface area contributed by atoms with E-state index < -0.39 is 5.92 Å². The predicted molar refractivity (Wildman–Crippen MR) is 45.6 cm³/mol. The maximum Gasteiger partial charge on any atom is 0.253 e. The molecule has 5 heteroatoms. The molecular weight excluding hydrogens is 254 g/mol. The molecule has 1 aromatic heterocycles. The van der Waals surface area contributed by atoms with E-state index in [9.17, 15) is 8.78 Å². The number of halogens is 3. The number of hydrogen-bond donors (Lipinski definition) is 0. The van der Waals surface area contributed by atoms with Crippen LogP contribution in [-0.4, -0.2) is 10.5 Å². The average Bonchev–Trinajstić information content (AvgIpc) is 2.29. The van der Waals surface area contributed by atoms with Gasteiger partial charge in [0.1, 0.15) is 12.4 Å². The van der Waals surface area contributed by atoms with Gasteiger partial charge in [0, 0.05) is 13.3 Å². The van der Waals surface area contributed by atoms with Crippen LogP contribution in [0.2, 0.25) is 0 Å². The minimum Gasteiger partial charge on any atom is -1.00 e. The van der Waals surface area contributed by atoms with Crippen molar-refractivity contribution < 1.29 is 30.3 Å². The minimum atomic E-state index is -2.57. The molecule has 0 saturated carbocycles. The molecule has 0 bridgehead atoms. The van der Waals surface area contributed by atoms with E-state index in [2.05, 4.69) is 0 Å². The molecule has 1 heterocycles. The second-order valence-electron chi connectivity index (χ2n) is 3.47. The first-order valence-electron chi connectivity index (χ1n) is 4.29. The summed E-state index contributed by atoms with van der Waals surface area (Å²) in [6.07, 6.45) is 3.58. The third kappa shape index (κ3) is 3.74. The molecule has 0 amide bonds. The van der Waals surface area contributed by atoms with Crippen LogP contribution in [0.15, 0.2) is 12.4 Å². The van der Waals surface area contributed by atoms with Gasteiger partial charge >= 0.3 is 0 Å². The summed E-state index contributed by atoms with van der Waals surface area (Å²) in [6, 6.07) is 0. The Morgan fingerprint density at radius 1 is 1.50 bits per heavy atom. The largest absolute Gasteiger partial charge is 1.00 e. The van der Waals surface area contributed by atoms with Gasteiger partial charge in [0.2, 0.25) is 5.92 Å². The average molecular weight is 269 g/mol. The Kier molecular flexibility index (Phi) is 4.71. The smallest absolute Gasteiger partial charge is 0.253 e. The van der Waals surface area contributed by atoms with E-state index in [1.165, 1.54) is 0 Å². The van der Waals surface area contributed by atoms with Crippen molar-refractivity contribution in [3.05, 3.63) is 18.2 Å². The van der Waals surface area contributed by atoms with Crippen LogP contribution in [-0.2, 0) is 13.6 Å². The van der Waals surface area contributed by atoms with E-state index in [1.807, 2.05) is 35.5 Å². The SMILES string of the molecule is Cc1n(CCC(C)(F)F)cc[n+]1C.[Br-]. The first-order chi connectivity index (χ1) is 5.90. The number of nitrogens with zero attached hydrogens (tertiary/aromatic N) is 2. The quantitative estimate of drug-likeness (QED) is 0.601. The third-order valence-corrected chi connectivity index (χ3v) is 2.19. The minimum absolute atomic E-state index is 0. The zero-order valence-electron chi connectivity index (χ0n) is 8.60. The molecule has 0 aromatic carbocycles. The molecule has 2 nitrogen and oxygen atoms in total. The molecule has 1 aromatic rings. The zero-order valence-corrected chi connectivity index (χ0v) is 10.2. The predicted octanol–water partition coefficient (Wildman–Crippen LogP) is -1.33. The van der Waals surface area contributed by atoms with Crippen molar-refractivity contribution >= 4 is 0 Å². The highest BCUT2D eigenvalue weighted by Gasteiger charge is 2.22. The van der Waals surface area contributed by atoms with Crippen LogP contribution in [0.4, 0.5) is 8.78 Å². The summed E-state index contributed by atoms with van der Waals surface area (Å²) in [5.74, 6) is -1.58. The number of aryl methyl sites for hydroxylation is 2. The van der Waals surface area contributed by atoms with Crippen LogP contribution in [0.3, 0.4) is 0 Å². The Morgan fingerprint density at radius 2 is 2.07 bits per heavy atom. The van der Waals surface area contributed by atoms with E-state index in [4.69, 9.17) is 0 Å². The van der Waals surface area contributed by atoms with E-state index in [-0.39, 0.29) is 23.4 Å². The second-order valence-corrected chi connectivity index (χ2v) is 3.47. The molecule has 0 aliphatic rings. The first kappa shape index (κ1) is 13.5. The number of aromatic nitrogens is 2. The van der Waals surface area contributed by atoms with Crippen molar-refractivity contribution in [1.29, 1.82) is 0 Å². The lowest BCUT2D eigenvalue weighted by Gasteiger charge is -2.07. The van der Waals surface area contributed by atoms with Gasteiger partial charge in [0.15, 0.2) is 0 Å². The van der Waals surface area contributed by atoms with Crippen LogP contribution >= 0.6 is 0 Å². The van der Waals surface area contributed by atoms with Gasteiger partial charge in [-0.3, -0.25) is 0 Å². The molecule has 0 N–H and O–H groups in total. The van der Waals surface area contributed by atoms with Crippen molar-refractivity contribution in [3.8, 4) is 0 Å². The van der Waals surface area contributed by atoms with Gasteiger partial charge in [0.25, 0.3) is 5.82 Å². The van der Waals surface area contributed by atoms with Crippen molar-refractivity contribution in [2.45, 2.75) is 32.7 Å². The van der Waals surface area contributed by atoms with Gasteiger partial charge in [-0.05, 0) is 6.92 Å². The van der Waals surface area contributed by atoms with Crippen LogP contribution in [0, 0.1) is 6.92 Å². The Labute approximate surface area is 93.3 Å². The van der Waals surface area contributed by atoms with Gasteiger partial charge in [-0.2, -0.15) is 0 Å². The number of imidazole rings is 1. The van der Waals surface area contributed by atoms with Gasteiger partial charge in [-0.15, -0.1) is 0 Å². The maximum atomic E-state index is 12.5. The molecule has 0 aliphatic carbocycles. The molecule has 14 heavy (non-hydrogen) atoms. The van der Waals surface area contributed by atoms with Crippen LogP contribution < -0.4 is 21.5 Å². The van der Waals surface area contributed by atoms with Crippen molar-refractivity contribution in [2.75, 3.05) is 0 Å². The highest BCUT2D eigenvalue weighted by Crippen LogP contribution is 2.17.